The molecule has 3 aromatic rings. The van der Waals surface area contributed by atoms with E-state index in [0.29, 0.717) is 41.2 Å². The summed E-state index contributed by atoms with van der Waals surface area (Å²) in [6.45, 7) is 6.85. The quantitative estimate of drug-likeness (QED) is 0.507. The van der Waals surface area contributed by atoms with Gasteiger partial charge in [-0.25, -0.2) is 4.39 Å². The van der Waals surface area contributed by atoms with E-state index in [1.165, 1.54) is 6.07 Å². The molecule has 0 aliphatic carbocycles. The topological polar surface area (TPSA) is 68.4 Å². The molecule has 6 nitrogen and oxygen atoms in total. The van der Waals surface area contributed by atoms with Crippen LogP contribution in [0.15, 0.2) is 36.4 Å². The first-order valence-corrected chi connectivity index (χ1v) is 11.9. The van der Waals surface area contributed by atoms with Gasteiger partial charge < -0.3 is 20.1 Å². The largest absolute Gasteiger partial charge is 0.358 e. The first-order chi connectivity index (χ1) is 16.7. The van der Waals surface area contributed by atoms with E-state index >= 15 is 0 Å². The van der Waals surface area contributed by atoms with Crippen molar-refractivity contribution in [3.05, 3.63) is 75.3 Å². The molecule has 35 heavy (non-hydrogen) atoms. The number of nitrogens with one attached hydrogen (secondary N) is 2. The number of hydrogen-bond donors (Lipinski definition) is 2. The van der Waals surface area contributed by atoms with Crippen LogP contribution in [0, 0.1) is 19.7 Å². The molecule has 1 aromatic heterocycles. The SMILES string of the molecule is Cc1[nH]c(C=C2C(=O)Nc3cccc(-c4ccc(F)c(Cl)c4)c32)c(C)c1C(=O)N1CCN(C)CC1. The van der Waals surface area contributed by atoms with Gasteiger partial charge >= 0.3 is 0 Å². The van der Waals surface area contributed by atoms with Crippen LogP contribution < -0.4 is 5.32 Å². The lowest BCUT2D eigenvalue weighted by molar-refractivity contribution is -0.110. The third-order valence-electron chi connectivity index (χ3n) is 6.83. The molecule has 2 aliphatic rings. The highest BCUT2D eigenvalue weighted by molar-refractivity contribution is 6.36. The summed E-state index contributed by atoms with van der Waals surface area (Å²) in [4.78, 5) is 33.7. The van der Waals surface area contributed by atoms with Crippen molar-refractivity contribution >= 4 is 40.8 Å². The number of piperazine rings is 1. The molecule has 2 amide bonds. The summed E-state index contributed by atoms with van der Waals surface area (Å²) in [5.74, 6) is -0.728. The molecule has 0 unspecified atom stereocenters. The zero-order chi connectivity index (χ0) is 24.9. The van der Waals surface area contributed by atoms with Gasteiger partial charge in [-0.2, -0.15) is 0 Å². The lowest BCUT2D eigenvalue weighted by Gasteiger charge is -2.32. The zero-order valence-corrected chi connectivity index (χ0v) is 20.6. The fourth-order valence-corrected chi connectivity index (χ4v) is 5.02. The van der Waals surface area contributed by atoms with Crippen LogP contribution in [-0.4, -0.2) is 59.8 Å². The predicted octanol–water partition coefficient (Wildman–Crippen LogP) is 4.97. The van der Waals surface area contributed by atoms with E-state index in [9.17, 15) is 14.0 Å². The van der Waals surface area contributed by atoms with E-state index in [4.69, 9.17) is 11.6 Å². The Morgan fingerprint density at radius 1 is 1.11 bits per heavy atom. The Balaban J connectivity index is 1.56. The van der Waals surface area contributed by atoms with Crippen LogP contribution in [-0.2, 0) is 4.79 Å². The first-order valence-electron chi connectivity index (χ1n) is 11.5. The Hall–Kier alpha value is -3.42. The van der Waals surface area contributed by atoms with Crippen LogP contribution in [0.2, 0.25) is 5.02 Å². The van der Waals surface area contributed by atoms with Gasteiger partial charge in [-0.1, -0.05) is 29.8 Å². The van der Waals surface area contributed by atoms with E-state index in [-0.39, 0.29) is 16.8 Å². The molecule has 1 saturated heterocycles. The highest BCUT2D eigenvalue weighted by Crippen LogP contribution is 2.41. The van der Waals surface area contributed by atoms with Crippen LogP contribution in [0.3, 0.4) is 0 Å². The van der Waals surface area contributed by atoms with Gasteiger partial charge in [0.15, 0.2) is 0 Å². The van der Waals surface area contributed by atoms with E-state index in [1.807, 2.05) is 36.9 Å². The number of amides is 2. The molecule has 8 heteroatoms. The van der Waals surface area contributed by atoms with Crippen molar-refractivity contribution in [2.75, 3.05) is 38.5 Å². The number of hydrogen-bond acceptors (Lipinski definition) is 3. The van der Waals surface area contributed by atoms with Gasteiger partial charge in [0.1, 0.15) is 5.82 Å². The summed E-state index contributed by atoms with van der Waals surface area (Å²) in [5, 5.41) is 2.93. The molecule has 0 bridgehead atoms. The van der Waals surface area contributed by atoms with E-state index < -0.39 is 5.82 Å². The van der Waals surface area contributed by atoms with Crippen LogP contribution in [0.25, 0.3) is 22.8 Å². The summed E-state index contributed by atoms with van der Waals surface area (Å²) in [5.41, 5.74) is 6.29. The van der Waals surface area contributed by atoms with Crippen molar-refractivity contribution in [2.24, 2.45) is 0 Å². The van der Waals surface area contributed by atoms with Gasteiger partial charge in [-0.3, -0.25) is 9.59 Å². The van der Waals surface area contributed by atoms with Gasteiger partial charge in [0.25, 0.3) is 11.8 Å². The molecule has 180 valence electrons. The number of aromatic amines is 1. The highest BCUT2D eigenvalue weighted by atomic mass is 35.5. The fourth-order valence-electron chi connectivity index (χ4n) is 4.84. The number of rotatable bonds is 3. The van der Waals surface area contributed by atoms with Crippen molar-refractivity contribution in [1.29, 1.82) is 0 Å². The minimum atomic E-state index is -0.497. The number of halogens is 2. The van der Waals surface area contributed by atoms with E-state index in [0.717, 1.165) is 35.5 Å². The molecule has 0 radical (unpaired) electrons. The number of aromatic nitrogens is 1. The van der Waals surface area contributed by atoms with Crippen molar-refractivity contribution in [3.8, 4) is 11.1 Å². The Labute approximate surface area is 208 Å². The smallest absolute Gasteiger partial charge is 0.256 e. The molecule has 0 spiro atoms. The van der Waals surface area contributed by atoms with E-state index in [1.54, 1.807) is 18.2 Å². The maximum absolute atomic E-state index is 13.8. The normalized spacial score (nSPS) is 17.1. The second-order valence-corrected chi connectivity index (χ2v) is 9.54. The van der Waals surface area contributed by atoms with Crippen LogP contribution in [0.1, 0.15) is 32.9 Å². The van der Waals surface area contributed by atoms with Crippen LogP contribution in [0.5, 0.6) is 0 Å². The molecule has 0 atom stereocenters. The fraction of sp³-hybridized carbons (Fsp3) is 0.259. The first kappa shape index (κ1) is 23.3. The van der Waals surface area contributed by atoms with Gasteiger partial charge in [0, 0.05) is 48.8 Å². The molecular formula is C27H26ClFN4O2. The minimum absolute atomic E-state index is 0.00640. The molecule has 1 fully saturated rings. The molecule has 5 rings (SSSR count). The number of carbonyl (C=O) groups is 2. The van der Waals surface area contributed by atoms with Gasteiger partial charge in [0.2, 0.25) is 0 Å². The van der Waals surface area contributed by atoms with Gasteiger partial charge in [-0.15, -0.1) is 0 Å². The van der Waals surface area contributed by atoms with Crippen molar-refractivity contribution in [3.63, 3.8) is 0 Å². The second kappa shape index (κ2) is 8.98. The van der Waals surface area contributed by atoms with Crippen LogP contribution >= 0.6 is 11.6 Å². The molecule has 2 aromatic carbocycles. The number of anilines is 1. The third-order valence-corrected chi connectivity index (χ3v) is 7.12. The van der Waals surface area contributed by atoms with Crippen LogP contribution in [0.4, 0.5) is 10.1 Å². The third kappa shape index (κ3) is 4.15. The number of H-pyrrole nitrogens is 1. The summed E-state index contributed by atoms with van der Waals surface area (Å²) >= 11 is 6.04. The maximum Gasteiger partial charge on any atom is 0.256 e. The highest BCUT2D eigenvalue weighted by Gasteiger charge is 2.29. The molecule has 2 N–H and O–H groups in total. The Morgan fingerprint density at radius 3 is 2.57 bits per heavy atom. The molecule has 3 heterocycles. The monoisotopic (exact) mass is 492 g/mol. The average Bonchev–Trinajstić information content (AvgIpc) is 3.30. The second-order valence-electron chi connectivity index (χ2n) is 9.13. The summed E-state index contributed by atoms with van der Waals surface area (Å²) < 4.78 is 13.8. The Bertz CT molecular complexity index is 1390. The van der Waals surface area contributed by atoms with Gasteiger partial charge in [0.05, 0.1) is 16.2 Å². The van der Waals surface area contributed by atoms with Crippen molar-refractivity contribution < 1.29 is 14.0 Å². The number of benzene rings is 2. The van der Waals surface area contributed by atoms with E-state index in [2.05, 4.69) is 22.2 Å². The number of carbonyl (C=O) groups excluding carboxylic acids is 2. The molecule has 2 aliphatic heterocycles. The van der Waals surface area contributed by atoms with Crippen molar-refractivity contribution in [2.45, 2.75) is 13.8 Å². The number of fused-ring (bicyclic) bond motifs is 1. The Kier molecular flexibility index (Phi) is 5.99. The van der Waals surface area contributed by atoms with Crippen molar-refractivity contribution in [1.82, 2.24) is 14.8 Å². The number of aryl methyl sites for hydroxylation is 1. The molecular weight excluding hydrogens is 467 g/mol. The molecule has 0 saturated carbocycles. The standard InChI is InChI=1S/C27H26ClFN4O2/c1-15-23(30-16(2)24(15)27(35)33-11-9-32(3)10-12-33)14-19-25-18(5-4-6-22(25)31-26(19)34)17-7-8-21(29)20(28)13-17/h4-8,13-14,30H,9-12H2,1-3H3,(H,31,34). The van der Waals surface area contributed by atoms with Gasteiger partial charge in [-0.05, 0) is 61.9 Å². The average molecular weight is 493 g/mol. The number of likely N-dealkylation sites (N-methyl/N-ethyl adjacent to an activating group) is 1. The summed E-state index contributed by atoms with van der Waals surface area (Å²) in [7, 11) is 2.05. The Morgan fingerprint density at radius 2 is 1.86 bits per heavy atom. The summed E-state index contributed by atoms with van der Waals surface area (Å²) in [6.07, 6.45) is 1.79. The lowest BCUT2D eigenvalue weighted by Crippen LogP contribution is -2.47. The predicted molar refractivity (Wildman–Crippen MR) is 137 cm³/mol. The minimum Gasteiger partial charge on any atom is -0.358 e. The summed E-state index contributed by atoms with van der Waals surface area (Å²) in [6, 6.07) is 10.1. The zero-order valence-electron chi connectivity index (χ0n) is 19.8. The lowest BCUT2D eigenvalue weighted by atomic mass is 9.94. The maximum atomic E-state index is 13.8. The number of nitrogens with zero attached hydrogens (tertiary/aromatic N) is 2.